The molecule has 3 rings (SSSR count). The molecule has 0 saturated carbocycles. The van der Waals surface area contributed by atoms with Crippen LogP contribution in [0.5, 0.6) is 5.75 Å². The van der Waals surface area contributed by atoms with Crippen LogP contribution in [0.3, 0.4) is 0 Å². The van der Waals surface area contributed by atoms with E-state index in [2.05, 4.69) is 4.74 Å². The molecule has 0 radical (unpaired) electrons. The predicted octanol–water partition coefficient (Wildman–Crippen LogP) is 1.43. The zero-order valence-corrected chi connectivity index (χ0v) is 21.8. The van der Waals surface area contributed by atoms with E-state index in [0.29, 0.717) is 29.2 Å². The van der Waals surface area contributed by atoms with E-state index in [9.17, 15) is 31.2 Å². The van der Waals surface area contributed by atoms with Crippen molar-refractivity contribution < 1.29 is 45.2 Å². The van der Waals surface area contributed by atoms with Crippen molar-refractivity contribution in [1.29, 1.82) is 0 Å². The lowest BCUT2D eigenvalue weighted by molar-refractivity contribution is -0.197. The second-order valence-electron chi connectivity index (χ2n) is 8.65. The van der Waals surface area contributed by atoms with Gasteiger partial charge in [0.15, 0.2) is 0 Å². The first kappa shape index (κ1) is 29.3. The number of carbonyl (C=O) groups excluding carboxylic acids is 2. The van der Waals surface area contributed by atoms with Crippen LogP contribution < -0.4 is 4.74 Å². The molecule has 1 atom stereocenters. The summed E-state index contributed by atoms with van der Waals surface area (Å²) in [4.78, 5) is 25.3. The molecule has 0 saturated heterocycles. The molecule has 38 heavy (non-hydrogen) atoms. The normalized spacial score (nSPS) is 12.7. The average molecular weight is 546 g/mol. The third-order valence-electron chi connectivity index (χ3n) is 5.96. The summed E-state index contributed by atoms with van der Waals surface area (Å²) in [6.07, 6.45) is -6.03. The maximum atomic E-state index is 13.1. The molecule has 198 valence electrons. The number of fused-ring (bicyclic) bond motifs is 1. The van der Waals surface area contributed by atoms with Crippen LogP contribution >= 0.6 is 0 Å². The SMILES string of the molecule is BCc1cc(CB)c(OC(=O)c2ccc3cc(C(=O)OC(CS(=O)(=O)O)C(F)(F)F)ccc3c2)c(CB)c1. The minimum Gasteiger partial charge on any atom is -0.448 e. The highest BCUT2D eigenvalue weighted by atomic mass is 32.2. The number of hydrogen-bond donors (Lipinski definition) is 1. The first-order valence-electron chi connectivity index (χ1n) is 11.9. The Bertz CT molecular complexity index is 1450. The molecule has 3 aromatic rings. The van der Waals surface area contributed by atoms with Gasteiger partial charge >= 0.3 is 18.1 Å². The van der Waals surface area contributed by atoms with Gasteiger partial charge in [0.2, 0.25) is 6.10 Å². The van der Waals surface area contributed by atoms with Crippen LogP contribution in [0.4, 0.5) is 13.2 Å². The fourth-order valence-electron chi connectivity index (χ4n) is 3.92. The third kappa shape index (κ3) is 7.19. The van der Waals surface area contributed by atoms with Crippen LogP contribution in [-0.4, -0.2) is 66.5 Å². The van der Waals surface area contributed by atoms with Gasteiger partial charge in [0.05, 0.1) is 11.1 Å². The highest BCUT2D eigenvalue weighted by molar-refractivity contribution is 7.85. The number of ether oxygens (including phenoxy) is 2. The van der Waals surface area contributed by atoms with Gasteiger partial charge in [0.1, 0.15) is 35.0 Å². The maximum absolute atomic E-state index is 13.1. The van der Waals surface area contributed by atoms with Crippen LogP contribution in [-0.2, 0) is 33.8 Å². The Balaban J connectivity index is 1.85. The van der Waals surface area contributed by atoms with Gasteiger partial charge in [-0.15, -0.1) is 0 Å². The molecule has 0 aliphatic rings. The number of rotatable bonds is 9. The van der Waals surface area contributed by atoms with Crippen molar-refractivity contribution in [2.75, 3.05) is 5.75 Å². The Hall–Kier alpha value is -3.25. The van der Waals surface area contributed by atoms with Gasteiger partial charge in [-0.05, 0) is 46.2 Å². The summed E-state index contributed by atoms with van der Waals surface area (Å²) in [6, 6.07) is 12.4. The standard InChI is InChI=1S/C24H24B3F3O7S/c25-9-13-5-18(10-26)21(19(6-13)11-27)37-23(32)17-4-2-14-7-16(3-1-15(14)8-17)22(31)36-20(24(28,29)30)12-38(33,34)35/h1-8,20H,9-12,25-27H2,(H,33,34,35). The Morgan fingerprint density at radius 3 is 1.76 bits per heavy atom. The minimum absolute atomic E-state index is 0.238. The van der Waals surface area contributed by atoms with Crippen LogP contribution in [0.1, 0.15) is 37.4 Å². The van der Waals surface area contributed by atoms with Gasteiger partial charge in [0, 0.05) is 0 Å². The van der Waals surface area contributed by atoms with Gasteiger partial charge in [-0.3, -0.25) is 4.55 Å². The Kier molecular flexibility index (Phi) is 8.99. The Labute approximate surface area is 220 Å². The molecule has 0 spiro atoms. The van der Waals surface area contributed by atoms with Crippen molar-refractivity contribution in [2.24, 2.45) is 0 Å². The van der Waals surface area contributed by atoms with Crippen LogP contribution in [0, 0.1) is 0 Å². The van der Waals surface area contributed by atoms with Crippen molar-refractivity contribution in [2.45, 2.75) is 31.2 Å². The molecular weight excluding hydrogens is 522 g/mol. The molecule has 7 nitrogen and oxygen atoms in total. The van der Waals surface area contributed by atoms with Crippen molar-refractivity contribution in [3.8, 4) is 5.75 Å². The van der Waals surface area contributed by atoms with Crippen LogP contribution in [0.2, 0.25) is 0 Å². The Morgan fingerprint density at radius 2 is 1.34 bits per heavy atom. The van der Waals surface area contributed by atoms with Gasteiger partial charge in [-0.2, -0.15) is 21.6 Å². The van der Waals surface area contributed by atoms with Gasteiger partial charge in [-0.1, -0.05) is 48.8 Å². The van der Waals surface area contributed by atoms with Crippen molar-refractivity contribution in [3.05, 3.63) is 76.3 Å². The Morgan fingerprint density at radius 1 is 0.842 bits per heavy atom. The van der Waals surface area contributed by atoms with Gasteiger partial charge < -0.3 is 9.47 Å². The zero-order valence-electron chi connectivity index (χ0n) is 21.0. The monoisotopic (exact) mass is 546 g/mol. The average Bonchev–Trinajstić information content (AvgIpc) is 2.86. The molecular formula is C24H24B3F3O7S. The molecule has 1 N–H and O–H groups in total. The maximum Gasteiger partial charge on any atom is 0.426 e. The molecule has 0 amide bonds. The molecule has 0 aliphatic heterocycles. The summed E-state index contributed by atoms with van der Waals surface area (Å²) in [7, 11) is 0.944. The molecule has 0 aromatic heterocycles. The van der Waals surface area contributed by atoms with E-state index >= 15 is 0 Å². The summed E-state index contributed by atoms with van der Waals surface area (Å²) in [6.45, 7) is 0. The fourth-order valence-corrected chi connectivity index (χ4v) is 4.56. The molecule has 0 aliphatic carbocycles. The number of esters is 2. The first-order valence-corrected chi connectivity index (χ1v) is 13.5. The molecule has 3 aromatic carbocycles. The molecule has 1 unspecified atom stereocenters. The van der Waals surface area contributed by atoms with E-state index in [1.807, 2.05) is 35.7 Å². The smallest absolute Gasteiger partial charge is 0.426 e. The van der Waals surface area contributed by atoms with Crippen LogP contribution in [0.25, 0.3) is 10.8 Å². The lowest BCUT2D eigenvalue weighted by atomic mass is 9.85. The second-order valence-corrected chi connectivity index (χ2v) is 10.2. The second kappa shape index (κ2) is 11.6. The molecule has 0 bridgehead atoms. The zero-order chi connectivity index (χ0) is 28.3. The highest BCUT2D eigenvalue weighted by Crippen LogP contribution is 2.29. The number of hydrogen-bond acceptors (Lipinski definition) is 6. The van der Waals surface area contributed by atoms with E-state index in [1.165, 1.54) is 36.4 Å². The minimum atomic E-state index is -5.20. The summed E-state index contributed by atoms with van der Waals surface area (Å²) >= 11 is 0. The van der Waals surface area contributed by atoms with Crippen molar-refractivity contribution in [1.82, 2.24) is 0 Å². The lowest BCUT2D eigenvalue weighted by Crippen LogP contribution is -2.39. The van der Waals surface area contributed by atoms with Crippen LogP contribution in [0.15, 0.2) is 48.5 Å². The molecule has 0 heterocycles. The highest BCUT2D eigenvalue weighted by Gasteiger charge is 2.45. The predicted molar refractivity (Wildman–Crippen MR) is 144 cm³/mol. The lowest BCUT2D eigenvalue weighted by Gasteiger charge is -2.19. The van der Waals surface area contributed by atoms with E-state index in [4.69, 9.17) is 9.29 Å². The number of alkyl halides is 3. The number of halogens is 3. The fraction of sp³-hybridized carbons (Fsp3) is 0.250. The van der Waals surface area contributed by atoms with E-state index < -0.39 is 40.1 Å². The van der Waals surface area contributed by atoms with Gasteiger partial charge in [0.25, 0.3) is 10.1 Å². The van der Waals surface area contributed by atoms with E-state index in [-0.39, 0.29) is 11.1 Å². The van der Waals surface area contributed by atoms with Crippen molar-refractivity contribution in [3.63, 3.8) is 0 Å². The van der Waals surface area contributed by atoms with E-state index in [0.717, 1.165) is 23.0 Å². The molecule has 0 fully saturated rings. The molecule has 14 heteroatoms. The quantitative estimate of drug-likeness (QED) is 0.188. The van der Waals surface area contributed by atoms with Crippen molar-refractivity contribution >= 4 is 56.4 Å². The largest absolute Gasteiger partial charge is 0.448 e. The first-order chi connectivity index (χ1) is 17.7. The van der Waals surface area contributed by atoms with Gasteiger partial charge in [-0.25, -0.2) is 9.59 Å². The summed E-state index contributed by atoms with van der Waals surface area (Å²) in [5, 5.41) is 0.930. The third-order valence-corrected chi connectivity index (χ3v) is 6.68. The summed E-state index contributed by atoms with van der Waals surface area (Å²) in [5.74, 6) is -3.29. The number of benzene rings is 3. The number of carbonyl (C=O) groups is 2. The summed E-state index contributed by atoms with van der Waals surface area (Å²) < 4.78 is 80.0. The summed E-state index contributed by atoms with van der Waals surface area (Å²) in [5.41, 5.74) is 2.96. The van der Waals surface area contributed by atoms with E-state index in [1.54, 1.807) is 0 Å². The topological polar surface area (TPSA) is 107 Å².